The number of nitrogens with one attached hydrogen (secondary N) is 4. The van der Waals surface area contributed by atoms with E-state index in [4.69, 9.17) is 4.74 Å². The lowest BCUT2D eigenvalue weighted by Gasteiger charge is -2.18. The molecule has 156 valence electrons. The van der Waals surface area contributed by atoms with Crippen LogP contribution in [0.25, 0.3) is 5.57 Å². The Morgan fingerprint density at radius 3 is 2.73 bits per heavy atom. The van der Waals surface area contributed by atoms with Crippen molar-refractivity contribution < 1.29 is 14.3 Å². The van der Waals surface area contributed by atoms with Crippen molar-refractivity contribution in [2.24, 2.45) is 0 Å². The lowest BCUT2D eigenvalue weighted by Crippen LogP contribution is -2.37. The van der Waals surface area contributed by atoms with Gasteiger partial charge in [0.2, 0.25) is 0 Å². The van der Waals surface area contributed by atoms with E-state index in [1.54, 1.807) is 24.4 Å². The minimum atomic E-state index is -0.253. The number of nitrogens with zero attached hydrogens (tertiary/aromatic N) is 3. The average molecular weight is 409 g/mol. The predicted octanol–water partition coefficient (Wildman–Crippen LogP) is 0.734. The Hall–Kier alpha value is -3.66. The van der Waals surface area contributed by atoms with Crippen LogP contribution in [-0.4, -0.2) is 66.5 Å². The fraction of sp³-hybridized carbons (Fsp3) is 0.300. The van der Waals surface area contributed by atoms with E-state index in [2.05, 4.69) is 36.1 Å². The van der Waals surface area contributed by atoms with Crippen molar-refractivity contribution in [3.8, 4) is 5.75 Å². The molecule has 2 aromatic rings. The second-order valence-electron chi connectivity index (χ2n) is 7.00. The molecule has 0 fully saturated rings. The van der Waals surface area contributed by atoms with E-state index in [1.165, 1.54) is 6.33 Å². The molecule has 2 aliphatic heterocycles. The summed E-state index contributed by atoms with van der Waals surface area (Å²) < 4.78 is 5.58. The van der Waals surface area contributed by atoms with E-state index in [1.807, 2.05) is 13.1 Å². The molecule has 0 spiro atoms. The zero-order chi connectivity index (χ0) is 20.9. The highest BCUT2D eigenvalue weighted by Crippen LogP contribution is 2.34. The van der Waals surface area contributed by atoms with Gasteiger partial charge in [0.1, 0.15) is 23.7 Å². The maximum absolute atomic E-state index is 12.5. The smallest absolute Gasteiger partial charge is 0.259 e. The summed E-state index contributed by atoms with van der Waals surface area (Å²) in [5.74, 6) is 1.19. The van der Waals surface area contributed by atoms with Crippen LogP contribution in [0.15, 0.2) is 36.8 Å². The molecule has 0 saturated carbocycles. The van der Waals surface area contributed by atoms with Crippen LogP contribution >= 0.6 is 0 Å². The number of anilines is 3. The van der Waals surface area contributed by atoms with Gasteiger partial charge in [0, 0.05) is 44.1 Å². The molecule has 0 radical (unpaired) electrons. The zero-order valence-electron chi connectivity index (χ0n) is 16.6. The van der Waals surface area contributed by atoms with Gasteiger partial charge in [0.05, 0.1) is 11.1 Å². The third-order valence-corrected chi connectivity index (χ3v) is 4.78. The van der Waals surface area contributed by atoms with Crippen molar-refractivity contribution in [3.05, 3.63) is 42.4 Å². The second kappa shape index (κ2) is 8.78. The number of carbonyl (C=O) groups excluding carboxylic acids is 2. The first-order valence-electron chi connectivity index (χ1n) is 9.65. The van der Waals surface area contributed by atoms with Crippen LogP contribution in [0.4, 0.5) is 17.3 Å². The maximum Gasteiger partial charge on any atom is 0.259 e. The van der Waals surface area contributed by atoms with Crippen LogP contribution < -0.4 is 26.0 Å². The predicted molar refractivity (Wildman–Crippen MR) is 113 cm³/mol. The molecular formula is C20H23N7O3. The number of rotatable bonds is 0. The fourth-order valence-electron chi connectivity index (χ4n) is 3.19. The van der Waals surface area contributed by atoms with Crippen molar-refractivity contribution in [1.29, 1.82) is 0 Å². The number of carbonyl (C=O) groups is 2. The molecule has 2 amide bonds. The Bertz CT molecular complexity index is 992. The number of hydrogen-bond acceptors (Lipinski definition) is 8. The van der Waals surface area contributed by atoms with Gasteiger partial charge in [-0.1, -0.05) is 6.07 Å². The van der Waals surface area contributed by atoms with Gasteiger partial charge in [0.25, 0.3) is 11.8 Å². The van der Waals surface area contributed by atoms with Crippen molar-refractivity contribution in [2.45, 2.75) is 0 Å². The first kappa shape index (κ1) is 19.6. The third kappa shape index (κ3) is 4.49. The fourth-order valence-corrected chi connectivity index (χ4v) is 3.19. The van der Waals surface area contributed by atoms with E-state index < -0.39 is 0 Å². The summed E-state index contributed by atoms with van der Waals surface area (Å²) in [5, 5.41) is 12.0. The van der Waals surface area contributed by atoms with Gasteiger partial charge in [-0.2, -0.15) is 0 Å². The molecule has 10 heteroatoms. The Kier molecular flexibility index (Phi) is 5.75. The SMILES string of the molecule is CN1CCNC(=O)COc2cccc(c2)N/C=C2\C(=O)Nc3ncnc(c32)NCC1. The van der Waals surface area contributed by atoms with Crippen molar-refractivity contribution >= 4 is 34.7 Å². The summed E-state index contributed by atoms with van der Waals surface area (Å²) in [5.41, 5.74) is 1.79. The van der Waals surface area contributed by atoms with Gasteiger partial charge in [-0.15, -0.1) is 0 Å². The van der Waals surface area contributed by atoms with E-state index in [0.29, 0.717) is 48.2 Å². The molecule has 1 aromatic carbocycles. The van der Waals surface area contributed by atoms with E-state index in [0.717, 1.165) is 12.2 Å². The Morgan fingerprint density at radius 2 is 1.87 bits per heavy atom. The van der Waals surface area contributed by atoms with Crippen LogP contribution in [0.3, 0.4) is 0 Å². The summed E-state index contributed by atoms with van der Waals surface area (Å²) in [6.07, 6.45) is 3.04. The summed E-state index contributed by atoms with van der Waals surface area (Å²) in [7, 11) is 1.97. The topological polar surface area (TPSA) is 121 Å². The molecule has 2 aliphatic rings. The summed E-state index contributed by atoms with van der Waals surface area (Å²) in [4.78, 5) is 35.1. The molecule has 4 rings (SSSR count). The van der Waals surface area contributed by atoms with Gasteiger partial charge in [-0.05, 0) is 19.2 Å². The molecule has 10 nitrogen and oxygen atoms in total. The van der Waals surface area contributed by atoms with Gasteiger partial charge in [-0.3, -0.25) is 9.59 Å². The standard InChI is InChI=1S/C20H23N7O3/c1-27-7-5-21-16(28)11-30-14-4-2-3-13(9-14)23-10-15-17-18(22-6-8-27)24-12-25-19(17)26-20(15)29/h2-4,9-10,12,23H,5-8,11H2,1H3,(H,21,28)(H2,22,24,25,26,29)/b15-10-. The molecule has 3 heterocycles. The Morgan fingerprint density at radius 1 is 1.07 bits per heavy atom. The highest BCUT2D eigenvalue weighted by atomic mass is 16.5. The van der Waals surface area contributed by atoms with Gasteiger partial charge < -0.3 is 30.9 Å². The van der Waals surface area contributed by atoms with Crippen LogP contribution in [0.5, 0.6) is 5.75 Å². The number of aromatic nitrogens is 2. The highest BCUT2D eigenvalue weighted by Gasteiger charge is 2.29. The monoisotopic (exact) mass is 409 g/mol. The number of fused-ring (bicyclic) bond motifs is 2. The van der Waals surface area contributed by atoms with Crippen LogP contribution in [0.2, 0.25) is 0 Å². The molecule has 0 atom stereocenters. The van der Waals surface area contributed by atoms with E-state index in [-0.39, 0.29) is 18.4 Å². The number of ether oxygens (including phenoxy) is 1. The first-order valence-corrected chi connectivity index (χ1v) is 9.65. The average Bonchev–Trinajstić information content (AvgIpc) is 3.06. The second-order valence-corrected chi connectivity index (χ2v) is 7.00. The quantitative estimate of drug-likeness (QED) is 0.503. The summed E-state index contributed by atoms with van der Waals surface area (Å²) in [6.45, 7) is 2.50. The first-order chi connectivity index (χ1) is 14.6. The Labute approximate surface area is 173 Å². The molecule has 2 bridgehead atoms. The van der Waals surface area contributed by atoms with E-state index >= 15 is 0 Å². The van der Waals surface area contributed by atoms with Crippen molar-refractivity contribution in [3.63, 3.8) is 0 Å². The summed E-state index contributed by atoms with van der Waals surface area (Å²) >= 11 is 0. The number of hydrogen-bond donors (Lipinski definition) is 4. The van der Waals surface area contributed by atoms with Crippen LogP contribution in [0.1, 0.15) is 5.56 Å². The normalized spacial score (nSPS) is 19.4. The molecule has 30 heavy (non-hydrogen) atoms. The van der Waals surface area contributed by atoms with Crippen LogP contribution in [0, 0.1) is 0 Å². The lowest BCUT2D eigenvalue weighted by molar-refractivity contribution is -0.123. The zero-order valence-corrected chi connectivity index (χ0v) is 16.6. The molecule has 4 N–H and O–H groups in total. The summed E-state index contributed by atoms with van der Waals surface area (Å²) in [6, 6.07) is 7.17. The highest BCUT2D eigenvalue weighted by molar-refractivity contribution is 6.32. The van der Waals surface area contributed by atoms with Gasteiger partial charge in [-0.25, -0.2) is 9.97 Å². The molecule has 0 saturated heterocycles. The molecule has 0 aliphatic carbocycles. The lowest BCUT2D eigenvalue weighted by atomic mass is 10.1. The van der Waals surface area contributed by atoms with Gasteiger partial charge >= 0.3 is 0 Å². The van der Waals surface area contributed by atoms with Crippen molar-refractivity contribution in [2.75, 3.05) is 55.8 Å². The minimum Gasteiger partial charge on any atom is -0.484 e. The maximum atomic E-state index is 12.5. The molecule has 1 aromatic heterocycles. The molecule has 0 unspecified atom stereocenters. The van der Waals surface area contributed by atoms with Gasteiger partial charge in [0.15, 0.2) is 6.61 Å². The number of amides is 2. The van der Waals surface area contributed by atoms with E-state index in [9.17, 15) is 9.59 Å². The Balaban J connectivity index is 1.63. The molecular weight excluding hydrogens is 386 g/mol. The minimum absolute atomic E-state index is 0.0632. The van der Waals surface area contributed by atoms with Crippen molar-refractivity contribution in [1.82, 2.24) is 20.2 Å². The number of likely N-dealkylation sites (N-methyl/N-ethyl adjacent to an activating group) is 1. The van der Waals surface area contributed by atoms with Crippen LogP contribution in [-0.2, 0) is 9.59 Å². The third-order valence-electron chi connectivity index (χ3n) is 4.78. The largest absolute Gasteiger partial charge is 0.484 e. The number of benzene rings is 1.